The zero-order valence-electron chi connectivity index (χ0n) is 8.70. The van der Waals surface area contributed by atoms with E-state index in [2.05, 4.69) is 9.47 Å². The molecule has 1 aliphatic rings. The minimum absolute atomic E-state index is 0.201. The Morgan fingerprint density at radius 1 is 1.07 bits per heavy atom. The zero-order chi connectivity index (χ0) is 10.9. The van der Waals surface area contributed by atoms with Gasteiger partial charge in [-0.05, 0) is 0 Å². The Bertz CT molecular complexity index is 244. The van der Waals surface area contributed by atoms with Crippen LogP contribution in [0.4, 0.5) is 0 Å². The molecule has 1 aliphatic carbocycles. The van der Waals surface area contributed by atoms with Crippen molar-refractivity contribution in [3.8, 4) is 0 Å². The van der Waals surface area contributed by atoms with Crippen LogP contribution in [0.2, 0.25) is 0 Å². The summed E-state index contributed by atoms with van der Waals surface area (Å²) in [6.45, 7) is 1.75. The number of carbonyl (C=O) groups is 2. The maximum atomic E-state index is 11.5. The first-order chi connectivity index (χ1) is 6.57. The Labute approximate surface area is 82.3 Å². The molecule has 14 heavy (non-hydrogen) atoms. The lowest BCUT2D eigenvalue weighted by atomic mass is 10.1. The quantitative estimate of drug-likeness (QED) is 0.475. The van der Waals surface area contributed by atoms with E-state index >= 15 is 0 Å². The summed E-state index contributed by atoms with van der Waals surface area (Å²) in [6.07, 6.45) is -0.442. The molecular formula is C9H14O5. The molecule has 2 atom stereocenters. The molecule has 0 aromatic rings. The fourth-order valence-corrected chi connectivity index (χ4v) is 1.94. The first-order valence-electron chi connectivity index (χ1n) is 4.26. The molecule has 1 saturated carbocycles. The summed E-state index contributed by atoms with van der Waals surface area (Å²) in [5.74, 6) is -1.39. The standard InChI is InChI=1S/C9H14O5/c1-5-6(12-2)9(5,7(10)13-3)8(11)14-4/h5-6H,1-4H3/t5-,6+/m1/s1. The van der Waals surface area contributed by atoms with Crippen LogP contribution in [0.5, 0.6) is 0 Å². The molecule has 1 fully saturated rings. The Morgan fingerprint density at radius 3 is 1.71 bits per heavy atom. The second-order valence-corrected chi connectivity index (χ2v) is 3.30. The van der Waals surface area contributed by atoms with Gasteiger partial charge in [0.05, 0.1) is 20.3 Å². The van der Waals surface area contributed by atoms with Crippen molar-refractivity contribution in [1.82, 2.24) is 0 Å². The monoisotopic (exact) mass is 202 g/mol. The van der Waals surface area contributed by atoms with Crippen LogP contribution in [0.25, 0.3) is 0 Å². The van der Waals surface area contributed by atoms with Crippen LogP contribution in [0.1, 0.15) is 6.92 Å². The Balaban J connectivity index is 2.95. The molecule has 0 aromatic carbocycles. The van der Waals surface area contributed by atoms with Gasteiger partial charge in [0.1, 0.15) is 0 Å². The predicted molar refractivity (Wildman–Crippen MR) is 46.4 cm³/mol. The van der Waals surface area contributed by atoms with Crippen molar-refractivity contribution in [2.75, 3.05) is 21.3 Å². The van der Waals surface area contributed by atoms with E-state index in [9.17, 15) is 9.59 Å². The van der Waals surface area contributed by atoms with Crippen molar-refractivity contribution in [3.05, 3.63) is 0 Å². The third kappa shape index (κ3) is 1.12. The van der Waals surface area contributed by atoms with Crippen LogP contribution in [-0.2, 0) is 23.8 Å². The van der Waals surface area contributed by atoms with Gasteiger partial charge in [-0.1, -0.05) is 6.92 Å². The third-order valence-electron chi connectivity index (χ3n) is 2.81. The number of ether oxygens (including phenoxy) is 3. The van der Waals surface area contributed by atoms with Gasteiger partial charge < -0.3 is 14.2 Å². The summed E-state index contributed by atoms with van der Waals surface area (Å²) in [5, 5.41) is 0. The summed E-state index contributed by atoms with van der Waals surface area (Å²) < 4.78 is 14.2. The van der Waals surface area contributed by atoms with Crippen molar-refractivity contribution in [2.24, 2.45) is 11.3 Å². The van der Waals surface area contributed by atoms with Gasteiger partial charge in [-0.25, -0.2) is 0 Å². The van der Waals surface area contributed by atoms with Crippen LogP contribution in [0.3, 0.4) is 0 Å². The molecular weight excluding hydrogens is 188 g/mol. The third-order valence-corrected chi connectivity index (χ3v) is 2.81. The minimum atomic E-state index is -1.25. The van der Waals surface area contributed by atoms with Gasteiger partial charge in [0.15, 0.2) is 5.41 Å². The van der Waals surface area contributed by atoms with Gasteiger partial charge >= 0.3 is 11.9 Å². The van der Waals surface area contributed by atoms with Gasteiger partial charge in [0.2, 0.25) is 0 Å². The van der Waals surface area contributed by atoms with Gasteiger partial charge in [-0.15, -0.1) is 0 Å². The number of esters is 2. The second-order valence-electron chi connectivity index (χ2n) is 3.30. The fraction of sp³-hybridized carbons (Fsp3) is 0.778. The maximum Gasteiger partial charge on any atom is 0.326 e. The number of rotatable bonds is 3. The van der Waals surface area contributed by atoms with Crippen molar-refractivity contribution < 1.29 is 23.8 Å². The molecule has 5 heteroatoms. The molecule has 0 bridgehead atoms. The lowest BCUT2D eigenvalue weighted by molar-refractivity contribution is -0.164. The second kappa shape index (κ2) is 3.57. The van der Waals surface area contributed by atoms with E-state index in [1.165, 1.54) is 21.3 Å². The average Bonchev–Trinajstić information content (AvgIpc) is 2.82. The molecule has 0 N–H and O–H groups in total. The van der Waals surface area contributed by atoms with Crippen LogP contribution < -0.4 is 0 Å². The van der Waals surface area contributed by atoms with Gasteiger partial charge in [-0.3, -0.25) is 9.59 Å². The molecule has 0 saturated heterocycles. The number of carbonyl (C=O) groups excluding carboxylic acids is 2. The van der Waals surface area contributed by atoms with Crippen molar-refractivity contribution in [2.45, 2.75) is 13.0 Å². The van der Waals surface area contributed by atoms with Crippen LogP contribution >= 0.6 is 0 Å². The van der Waals surface area contributed by atoms with E-state index in [1.807, 2.05) is 0 Å². The molecule has 5 nitrogen and oxygen atoms in total. The van der Waals surface area contributed by atoms with Gasteiger partial charge in [-0.2, -0.15) is 0 Å². The summed E-state index contributed by atoms with van der Waals surface area (Å²) in [4.78, 5) is 22.9. The minimum Gasteiger partial charge on any atom is -0.468 e. The normalized spacial score (nSPS) is 28.0. The molecule has 0 radical (unpaired) electrons. The number of methoxy groups -OCH3 is 3. The number of hydrogen-bond donors (Lipinski definition) is 0. The summed E-state index contributed by atoms with van der Waals surface area (Å²) in [6, 6.07) is 0. The highest BCUT2D eigenvalue weighted by atomic mass is 16.6. The van der Waals surface area contributed by atoms with E-state index in [-0.39, 0.29) is 5.92 Å². The molecule has 80 valence electrons. The summed E-state index contributed by atoms with van der Waals surface area (Å²) in [5.41, 5.74) is -1.25. The highest BCUT2D eigenvalue weighted by molar-refractivity contribution is 6.05. The largest absolute Gasteiger partial charge is 0.468 e. The van der Waals surface area contributed by atoms with Crippen molar-refractivity contribution >= 4 is 11.9 Å². The Kier molecular flexibility index (Phi) is 2.80. The van der Waals surface area contributed by atoms with Crippen LogP contribution in [-0.4, -0.2) is 39.4 Å². The van der Waals surface area contributed by atoms with E-state index in [1.54, 1.807) is 6.92 Å². The van der Waals surface area contributed by atoms with E-state index in [0.717, 1.165) is 0 Å². The van der Waals surface area contributed by atoms with Gasteiger partial charge in [0, 0.05) is 13.0 Å². The molecule has 0 amide bonds. The molecule has 1 rings (SSSR count). The Morgan fingerprint density at radius 2 is 1.50 bits per heavy atom. The maximum absolute atomic E-state index is 11.5. The van der Waals surface area contributed by atoms with E-state index in [4.69, 9.17) is 4.74 Å². The lowest BCUT2D eigenvalue weighted by Crippen LogP contribution is -2.33. The van der Waals surface area contributed by atoms with E-state index in [0.29, 0.717) is 0 Å². The Hall–Kier alpha value is -1.10. The first-order valence-corrected chi connectivity index (χ1v) is 4.26. The molecule has 0 aliphatic heterocycles. The molecule has 0 heterocycles. The highest BCUT2D eigenvalue weighted by Crippen LogP contribution is 2.55. The molecule has 0 spiro atoms. The number of hydrogen-bond acceptors (Lipinski definition) is 5. The predicted octanol–water partition coefficient (Wildman–Crippen LogP) is -0.0165. The van der Waals surface area contributed by atoms with E-state index < -0.39 is 23.5 Å². The van der Waals surface area contributed by atoms with Crippen LogP contribution in [0, 0.1) is 11.3 Å². The van der Waals surface area contributed by atoms with Crippen LogP contribution in [0.15, 0.2) is 0 Å². The van der Waals surface area contributed by atoms with Crippen molar-refractivity contribution in [3.63, 3.8) is 0 Å². The SMILES string of the molecule is COC(=O)C1(C(=O)OC)[C@H](C)[C@@H]1OC. The first kappa shape index (κ1) is 11.0. The fourth-order valence-electron chi connectivity index (χ4n) is 1.94. The summed E-state index contributed by atoms with van der Waals surface area (Å²) in [7, 11) is 3.93. The summed E-state index contributed by atoms with van der Waals surface area (Å²) >= 11 is 0. The zero-order valence-corrected chi connectivity index (χ0v) is 8.70. The van der Waals surface area contributed by atoms with Crippen molar-refractivity contribution in [1.29, 1.82) is 0 Å². The molecule has 0 unspecified atom stereocenters. The van der Waals surface area contributed by atoms with Gasteiger partial charge in [0.25, 0.3) is 0 Å². The smallest absolute Gasteiger partial charge is 0.326 e. The topological polar surface area (TPSA) is 61.8 Å². The highest BCUT2D eigenvalue weighted by Gasteiger charge is 2.75. The lowest BCUT2D eigenvalue weighted by Gasteiger charge is -2.11. The average molecular weight is 202 g/mol. The molecule has 0 aromatic heterocycles.